The van der Waals surface area contributed by atoms with E-state index in [-0.39, 0.29) is 11.4 Å². The topological polar surface area (TPSA) is 72.7 Å². The maximum Gasteiger partial charge on any atom is 0.416 e. The highest BCUT2D eigenvalue weighted by Crippen LogP contribution is 2.31. The van der Waals surface area contributed by atoms with Crippen molar-refractivity contribution in [3.8, 4) is 11.4 Å². The Balaban J connectivity index is 1.80. The number of benzene rings is 2. The molecule has 12 heteroatoms. The van der Waals surface area contributed by atoms with Crippen molar-refractivity contribution in [2.45, 2.75) is 19.1 Å². The maximum absolute atomic E-state index is 13.7. The number of hydrogen-bond acceptors (Lipinski definition) is 4. The van der Waals surface area contributed by atoms with Crippen molar-refractivity contribution in [3.63, 3.8) is 0 Å². The fraction of sp³-hybridized carbons (Fsp3) is 0.176. The Bertz CT molecular complexity index is 1060. The smallest absolute Gasteiger partial charge is 0.322 e. The maximum atomic E-state index is 13.7. The normalized spacial score (nSPS) is 12.7. The van der Waals surface area contributed by atoms with Gasteiger partial charge in [-0.15, -0.1) is 10.2 Å². The number of nitrogens with one attached hydrogen (secondary N) is 1. The van der Waals surface area contributed by atoms with E-state index in [2.05, 4.69) is 20.7 Å². The Morgan fingerprint density at radius 3 is 2.52 bits per heavy atom. The molecule has 0 saturated heterocycles. The molecule has 0 bridgehead atoms. The fourth-order valence-electron chi connectivity index (χ4n) is 2.30. The molecule has 152 valence electrons. The molecule has 1 N–H and O–H groups in total. The van der Waals surface area contributed by atoms with Gasteiger partial charge in [-0.3, -0.25) is 4.79 Å². The van der Waals surface area contributed by atoms with Crippen molar-refractivity contribution in [2.24, 2.45) is 0 Å². The van der Waals surface area contributed by atoms with Crippen LogP contribution in [0, 0.1) is 17.5 Å². The Hall–Kier alpha value is -3.44. The number of carbonyl (C=O) groups excluding carboxylic acids is 1. The molecular weight excluding hydrogens is 404 g/mol. The second-order valence-electron chi connectivity index (χ2n) is 5.90. The number of amides is 1. The molecule has 3 rings (SSSR count). The van der Waals surface area contributed by atoms with Crippen LogP contribution in [-0.2, 0) is 11.0 Å². The van der Waals surface area contributed by atoms with E-state index in [0.29, 0.717) is 6.07 Å². The van der Waals surface area contributed by atoms with Gasteiger partial charge in [0.05, 0.1) is 11.3 Å². The third kappa shape index (κ3) is 4.20. The zero-order valence-electron chi connectivity index (χ0n) is 14.5. The summed E-state index contributed by atoms with van der Waals surface area (Å²) in [4.78, 5) is 13.0. The van der Waals surface area contributed by atoms with Gasteiger partial charge in [-0.05, 0) is 36.4 Å². The number of hydrogen-bond donors (Lipinski definition) is 1. The molecule has 0 unspecified atom stereocenters. The Morgan fingerprint density at radius 1 is 1.10 bits per heavy atom. The summed E-state index contributed by atoms with van der Waals surface area (Å²) < 4.78 is 78.3. The summed E-state index contributed by atoms with van der Waals surface area (Å²) in [6.07, 6.45) is -4.56. The quantitative estimate of drug-likeness (QED) is 0.517. The predicted molar refractivity (Wildman–Crippen MR) is 87.9 cm³/mol. The van der Waals surface area contributed by atoms with Crippen LogP contribution in [0.4, 0.5) is 32.0 Å². The first-order valence-electron chi connectivity index (χ1n) is 7.99. The molecule has 1 aromatic heterocycles. The van der Waals surface area contributed by atoms with Gasteiger partial charge in [-0.2, -0.15) is 18.0 Å². The SMILES string of the molecule is C[C@H](C(=O)Nc1ccc(F)c(F)c1F)n1nnc(-c2cccc(C(F)(F)F)c2)n1. The molecule has 0 spiro atoms. The van der Waals surface area contributed by atoms with Crippen LogP contribution in [0.25, 0.3) is 11.4 Å². The number of aromatic nitrogens is 4. The Kier molecular flexibility index (Phi) is 5.27. The fourth-order valence-corrected chi connectivity index (χ4v) is 2.30. The van der Waals surface area contributed by atoms with Crippen LogP contribution in [0.15, 0.2) is 36.4 Å². The van der Waals surface area contributed by atoms with Crippen molar-refractivity contribution in [1.29, 1.82) is 0 Å². The zero-order chi connectivity index (χ0) is 21.3. The summed E-state index contributed by atoms with van der Waals surface area (Å²) in [5.74, 6) is -5.81. The zero-order valence-corrected chi connectivity index (χ0v) is 14.5. The minimum absolute atomic E-state index is 0.0188. The summed E-state index contributed by atoms with van der Waals surface area (Å²) in [6.45, 7) is 1.30. The minimum atomic E-state index is -4.56. The van der Waals surface area contributed by atoms with E-state index in [0.717, 1.165) is 23.0 Å². The van der Waals surface area contributed by atoms with Crippen molar-refractivity contribution in [3.05, 3.63) is 59.4 Å². The molecule has 1 atom stereocenters. The van der Waals surface area contributed by atoms with Crippen molar-refractivity contribution in [2.75, 3.05) is 5.32 Å². The van der Waals surface area contributed by atoms with Gasteiger partial charge in [0.25, 0.3) is 5.91 Å². The van der Waals surface area contributed by atoms with Crippen LogP contribution >= 0.6 is 0 Å². The Morgan fingerprint density at radius 2 is 1.83 bits per heavy atom. The van der Waals surface area contributed by atoms with Crippen molar-refractivity contribution >= 4 is 11.6 Å². The molecule has 0 aliphatic heterocycles. The summed E-state index contributed by atoms with van der Waals surface area (Å²) >= 11 is 0. The van der Waals surface area contributed by atoms with E-state index in [1.165, 1.54) is 19.1 Å². The van der Waals surface area contributed by atoms with Gasteiger partial charge in [0, 0.05) is 5.56 Å². The lowest BCUT2D eigenvalue weighted by Crippen LogP contribution is -2.26. The number of tetrazole rings is 1. The van der Waals surface area contributed by atoms with Crippen LogP contribution in [0.5, 0.6) is 0 Å². The van der Waals surface area contributed by atoms with Crippen LogP contribution in [-0.4, -0.2) is 26.1 Å². The lowest BCUT2D eigenvalue weighted by atomic mass is 10.1. The van der Waals surface area contributed by atoms with Crippen LogP contribution < -0.4 is 5.32 Å². The second kappa shape index (κ2) is 7.53. The number of carbonyl (C=O) groups is 1. The summed E-state index contributed by atoms with van der Waals surface area (Å²) in [5.41, 5.74) is -1.49. The Labute approximate surface area is 159 Å². The molecule has 29 heavy (non-hydrogen) atoms. The average Bonchev–Trinajstić information content (AvgIpc) is 3.17. The molecule has 3 aromatic rings. The lowest BCUT2D eigenvalue weighted by molar-refractivity contribution is -0.137. The van der Waals surface area contributed by atoms with Crippen LogP contribution in [0.1, 0.15) is 18.5 Å². The first-order chi connectivity index (χ1) is 13.6. The number of halogens is 6. The van der Waals surface area contributed by atoms with E-state index < -0.39 is 46.8 Å². The highest BCUT2D eigenvalue weighted by molar-refractivity contribution is 5.93. The predicted octanol–water partition coefficient (Wildman–Crippen LogP) is 3.98. The first-order valence-corrected chi connectivity index (χ1v) is 7.99. The molecule has 1 heterocycles. The van der Waals surface area contributed by atoms with E-state index in [9.17, 15) is 31.1 Å². The van der Waals surface area contributed by atoms with E-state index in [1.54, 1.807) is 0 Å². The molecule has 2 aromatic carbocycles. The molecule has 0 aliphatic carbocycles. The lowest BCUT2D eigenvalue weighted by Gasteiger charge is -2.11. The highest BCUT2D eigenvalue weighted by Gasteiger charge is 2.31. The number of anilines is 1. The van der Waals surface area contributed by atoms with Gasteiger partial charge in [-0.1, -0.05) is 12.1 Å². The molecular formula is C17H11F6N5O. The van der Waals surface area contributed by atoms with Crippen LogP contribution in [0.2, 0.25) is 0 Å². The molecule has 0 fully saturated rings. The standard InChI is InChI=1S/C17H11F6N5O/c1-8(16(29)24-12-6-5-11(18)13(19)14(12)20)28-26-15(25-27-28)9-3-2-4-10(7-9)17(21,22)23/h2-8H,1H3,(H,24,29)/t8-/m1/s1. The second-order valence-corrected chi connectivity index (χ2v) is 5.90. The van der Waals surface area contributed by atoms with Crippen LogP contribution in [0.3, 0.4) is 0 Å². The molecule has 6 nitrogen and oxygen atoms in total. The number of alkyl halides is 3. The first kappa shape index (κ1) is 20.3. The van der Waals surface area contributed by atoms with Crippen molar-refractivity contribution in [1.82, 2.24) is 20.2 Å². The van der Waals surface area contributed by atoms with Gasteiger partial charge in [0.1, 0.15) is 6.04 Å². The molecule has 0 aliphatic rings. The number of nitrogens with zero attached hydrogens (tertiary/aromatic N) is 4. The monoisotopic (exact) mass is 415 g/mol. The number of rotatable bonds is 4. The highest BCUT2D eigenvalue weighted by atomic mass is 19.4. The third-order valence-corrected chi connectivity index (χ3v) is 3.90. The van der Waals surface area contributed by atoms with Gasteiger partial charge in [0.2, 0.25) is 5.82 Å². The molecule has 0 radical (unpaired) electrons. The van der Waals surface area contributed by atoms with E-state index in [4.69, 9.17) is 0 Å². The van der Waals surface area contributed by atoms with Crippen molar-refractivity contribution < 1.29 is 31.1 Å². The summed E-state index contributed by atoms with van der Waals surface area (Å²) in [5, 5.41) is 13.1. The summed E-state index contributed by atoms with van der Waals surface area (Å²) in [6, 6.07) is 4.48. The van der Waals surface area contributed by atoms with Gasteiger partial charge in [0.15, 0.2) is 17.5 Å². The average molecular weight is 415 g/mol. The van der Waals surface area contributed by atoms with Gasteiger partial charge < -0.3 is 5.32 Å². The van der Waals surface area contributed by atoms with E-state index in [1.807, 2.05) is 0 Å². The minimum Gasteiger partial charge on any atom is -0.322 e. The summed E-state index contributed by atoms with van der Waals surface area (Å²) in [7, 11) is 0. The van der Waals surface area contributed by atoms with Gasteiger partial charge in [-0.25, -0.2) is 13.2 Å². The van der Waals surface area contributed by atoms with Gasteiger partial charge >= 0.3 is 6.18 Å². The largest absolute Gasteiger partial charge is 0.416 e. The molecule has 0 saturated carbocycles. The molecule has 1 amide bonds. The van der Waals surface area contributed by atoms with E-state index >= 15 is 0 Å². The third-order valence-electron chi connectivity index (χ3n) is 3.90.